The van der Waals surface area contributed by atoms with Crippen molar-refractivity contribution in [2.24, 2.45) is 5.92 Å². The first-order valence-corrected chi connectivity index (χ1v) is 7.52. The summed E-state index contributed by atoms with van der Waals surface area (Å²) in [6, 6.07) is 2.63. The van der Waals surface area contributed by atoms with Gasteiger partial charge in [0.1, 0.15) is 4.88 Å². The minimum absolute atomic E-state index is 0.477. The lowest BCUT2D eigenvalue weighted by atomic mass is 10.2. The summed E-state index contributed by atoms with van der Waals surface area (Å²) in [5.41, 5.74) is 1.21. The van der Waals surface area contributed by atoms with Crippen LogP contribution >= 0.6 is 11.3 Å². The van der Waals surface area contributed by atoms with Crippen LogP contribution in [-0.4, -0.2) is 28.6 Å². The Hall–Kier alpha value is -0.870. The Kier molecular flexibility index (Phi) is 3.16. The Balaban J connectivity index is 1.70. The number of hydrogen-bond donors (Lipinski definition) is 1. The van der Waals surface area contributed by atoms with Gasteiger partial charge in [0.15, 0.2) is 0 Å². The van der Waals surface area contributed by atoms with Gasteiger partial charge in [0.2, 0.25) is 0 Å². The first-order chi connectivity index (χ1) is 8.63. The van der Waals surface area contributed by atoms with Crippen molar-refractivity contribution in [1.29, 1.82) is 0 Å². The number of aryl methyl sites for hydroxylation is 1. The summed E-state index contributed by atoms with van der Waals surface area (Å²) in [6.07, 6.45) is 5.40. The SMILES string of the molecule is Cc1sc(C(=O)O)cc1CN(CC1CC1)C1CC1. The van der Waals surface area contributed by atoms with Gasteiger partial charge in [0.25, 0.3) is 0 Å². The molecule has 98 valence electrons. The monoisotopic (exact) mass is 265 g/mol. The Labute approximate surface area is 111 Å². The summed E-state index contributed by atoms with van der Waals surface area (Å²) in [4.78, 5) is 15.2. The number of aromatic carboxylic acids is 1. The van der Waals surface area contributed by atoms with Crippen molar-refractivity contribution in [1.82, 2.24) is 4.90 Å². The third-order valence-corrected chi connectivity index (χ3v) is 4.94. The molecule has 0 aromatic carbocycles. The lowest BCUT2D eigenvalue weighted by molar-refractivity contribution is 0.0702. The fourth-order valence-corrected chi connectivity index (χ4v) is 3.29. The van der Waals surface area contributed by atoms with Gasteiger partial charge in [-0.1, -0.05) is 0 Å². The predicted octanol–water partition coefficient (Wildman–Crippen LogP) is 3.13. The highest BCUT2D eigenvalue weighted by molar-refractivity contribution is 7.14. The molecule has 18 heavy (non-hydrogen) atoms. The average molecular weight is 265 g/mol. The molecular weight excluding hydrogens is 246 g/mol. The number of nitrogens with zero attached hydrogens (tertiary/aromatic N) is 1. The van der Waals surface area contributed by atoms with Gasteiger partial charge in [0.05, 0.1) is 0 Å². The molecule has 0 saturated heterocycles. The van der Waals surface area contributed by atoms with E-state index in [-0.39, 0.29) is 0 Å². The molecule has 2 fully saturated rings. The van der Waals surface area contributed by atoms with Crippen LogP contribution in [0.5, 0.6) is 0 Å². The molecule has 0 spiro atoms. The lowest BCUT2D eigenvalue weighted by Gasteiger charge is -2.21. The third kappa shape index (κ3) is 2.75. The predicted molar refractivity (Wildman–Crippen MR) is 72.2 cm³/mol. The molecular formula is C14H19NO2S. The standard InChI is InChI=1S/C14H19NO2S/c1-9-11(6-13(18-9)14(16)17)8-15(12-4-5-12)7-10-2-3-10/h6,10,12H,2-5,7-8H2,1H3,(H,16,17). The first-order valence-electron chi connectivity index (χ1n) is 6.70. The fourth-order valence-electron chi connectivity index (χ4n) is 2.42. The highest BCUT2D eigenvalue weighted by atomic mass is 32.1. The molecule has 0 atom stereocenters. The van der Waals surface area contributed by atoms with E-state index in [1.807, 2.05) is 13.0 Å². The van der Waals surface area contributed by atoms with Crippen LogP contribution in [0.4, 0.5) is 0 Å². The van der Waals surface area contributed by atoms with E-state index in [0.29, 0.717) is 4.88 Å². The van der Waals surface area contributed by atoms with Crippen LogP contribution in [0.1, 0.15) is 45.8 Å². The number of rotatable bonds is 6. The van der Waals surface area contributed by atoms with Gasteiger partial charge in [-0.25, -0.2) is 4.79 Å². The summed E-state index contributed by atoms with van der Waals surface area (Å²) in [5.74, 6) is 0.109. The van der Waals surface area contributed by atoms with Gasteiger partial charge >= 0.3 is 5.97 Å². The second-order valence-electron chi connectivity index (χ2n) is 5.60. The molecule has 1 aromatic rings. The van der Waals surface area contributed by atoms with Crippen LogP contribution in [0.15, 0.2) is 6.07 Å². The van der Waals surface area contributed by atoms with E-state index >= 15 is 0 Å². The van der Waals surface area contributed by atoms with E-state index in [0.717, 1.165) is 23.4 Å². The van der Waals surface area contributed by atoms with Crippen LogP contribution in [0.3, 0.4) is 0 Å². The molecule has 1 N–H and O–H groups in total. The van der Waals surface area contributed by atoms with Crippen molar-refractivity contribution in [3.05, 3.63) is 21.4 Å². The number of carbonyl (C=O) groups is 1. The molecule has 3 nitrogen and oxygen atoms in total. The average Bonchev–Trinajstić information content (AvgIpc) is 3.20. The Morgan fingerprint density at radius 1 is 1.44 bits per heavy atom. The van der Waals surface area contributed by atoms with Crippen molar-refractivity contribution in [3.8, 4) is 0 Å². The smallest absolute Gasteiger partial charge is 0.345 e. The summed E-state index contributed by atoms with van der Waals surface area (Å²) in [6.45, 7) is 4.19. The Bertz CT molecular complexity index is 460. The number of thiophene rings is 1. The summed E-state index contributed by atoms with van der Waals surface area (Å²) in [7, 11) is 0. The number of carboxylic acids is 1. The zero-order chi connectivity index (χ0) is 12.7. The Morgan fingerprint density at radius 2 is 2.17 bits per heavy atom. The molecule has 2 aliphatic carbocycles. The van der Waals surface area contributed by atoms with E-state index < -0.39 is 5.97 Å². The van der Waals surface area contributed by atoms with Gasteiger partial charge in [-0.15, -0.1) is 11.3 Å². The van der Waals surface area contributed by atoms with E-state index in [1.54, 1.807) is 0 Å². The van der Waals surface area contributed by atoms with Crippen LogP contribution in [0, 0.1) is 12.8 Å². The summed E-state index contributed by atoms with van der Waals surface area (Å²) in [5, 5.41) is 9.03. The quantitative estimate of drug-likeness (QED) is 0.859. The largest absolute Gasteiger partial charge is 0.477 e. The molecule has 0 aliphatic heterocycles. The molecule has 1 aromatic heterocycles. The first kappa shape index (κ1) is 12.2. The number of hydrogen-bond acceptors (Lipinski definition) is 3. The molecule has 3 rings (SSSR count). The van der Waals surface area contributed by atoms with Gasteiger partial charge in [-0.3, -0.25) is 4.90 Å². The maximum absolute atomic E-state index is 11.0. The van der Waals surface area contributed by atoms with E-state index in [2.05, 4.69) is 4.90 Å². The van der Waals surface area contributed by atoms with Crippen molar-refractivity contribution in [2.75, 3.05) is 6.54 Å². The second-order valence-corrected chi connectivity index (χ2v) is 6.86. The van der Waals surface area contributed by atoms with E-state index in [9.17, 15) is 4.79 Å². The van der Waals surface area contributed by atoms with Gasteiger partial charge < -0.3 is 5.11 Å². The maximum Gasteiger partial charge on any atom is 0.345 e. The van der Waals surface area contributed by atoms with E-state index in [1.165, 1.54) is 49.1 Å². The van der Waals surface area contributed by atoms with Crippen LogP contribution in [0.25, 0.3) is 0 Å². The molecule has 0 unspecified atom stereocenters. The zero-order valence-corrected chi connectivity index (χ0v) is 11.5. The number of carboxylic acid groups (broad SMARTS) is 1. The third-order valence-electron chi connectivity index (χ3n) is 3.86. The fraction of sp³-hybridized carbons (Fsp3) is 0.643. The van der Waals surface area contributed by atoms with Crippen molar-refractivity contribution in [3.63, 3.8) is 0 Å². The van der Waals surface area contributed by atoms with Crippen molar-refractivity contribution in [2.45, 2.75) is 45.2 Å². The van der Waals surface area contributed by atoms with Crippen molar-refractivity contribution < 1.29 is 9.90 Å². The normalized spacial score (nSPS) is 19.4. The molecule has 0 amide bonds. The minimum Gasteiger partial charge on any atom is -0.477 e. The lowest BCUT2D eigenvalue weighted by Crippen LogP contribution is -2.27. The molecule has 0 bridgehead atoms. The van der Waals surface area contributed by atoms with Crippen LogP contribution in [-0.2, 0) is 6.54 Å². The second kappa shape index (κ2) is 4.67. The van der Waals surface area contributed by atoms with Crippen LogP contribution in [0.2, 0.25) is 0 Å². The summed E-state index contributed by atoms with van der Waals surface area (Å²) < 4.78 is 0. The van der Waals surface area contributed by atoms with Gasteiger partial charge in [-0.05, 0) is 50.2 Å². The minimum atomic E-state index is -0.797. The highest BCUT2D eigenvalue weighted by Gasteiger charge is 2.33. The molecule has 4 heteroatoms. The molecule has 1 heterocycles. The highest BCUT2D eigenvalue weighted by Crippen LogP contribution is 2.36. The zero-order valence-electron chi connectivity index (χ0n) is 10.7. The van der Waals surface area contributed by atoms with Gasteiger partial charge in [-0.2, -0.15) is 0 Å². The Morgan fingerprint density at radius 3 is 2.67 bits per heavy atom. The van der Waals surface area contributed by atoms with Crippen molar-refractivity contribution >= 4 is 17.3 Å². The van der Waals surface area contributed by atoms with E-state index in [4.69, 9.17) is 5.11 Å². The van der Waals surface area contributed by atoms with Crippen LogP contribution < -0.4 is 0 Å². The topological polar surface area (TPSA) is 40.5 Å². The maximum atomic E-state index is 11.0. The summed E-state index contributed by atoms with van der Waals surface area (Å²) >= 11 is 1.40. The molecule has 0 radical (unpaired) electrons. The molecule has 2 saturated carbocycles. The van der Waals surface area contributed by atoms with Gasteiger partial charge in [0, 0.05) is 24.0 Å². The molecule has 2 aliphatic rings.